The molecule has 0 aromatic heterocycles. The molecule has 0 unspecified atom stereocenters. The summed E-state index contributed by atoms with van der Waals surface area (Å²) >= 11 is 0. The van der Waals surface area contributed by atoms with Crippen LogP contribution in [0, 0.1) is 6.92 Å². The second-order valence-corrected chi connectivity index (χ2v) is 9.50. The van der Waals surface area contributed by atoms with Crippen LogP contribution in [0.4, 0.5) is 5.69 Å². The lowest BCUT2D eigenvalue weighted by Crippen LogP contribution is -2.36. The molecule has 1 amide bonds. The Hall–Kier alpha value is -2.78. The predicted molar refractivity (Wildman–Crippen MR) is 115 cm³/mol. The number of hydrogen-bond donors (Lipinski definition) is 2. The van der Waals surface area contributed by atoms with Crippen molar-refractivity contribution in [2.45, 2.75) is 50.0 Å². The predicted octanol–water partition coefficient (Wildman–Crippen LogP) is 3.35. The standard InChI is InChI=1S/C22H26N2O6S/c1-15-11-18(31(26,27)24-16-5-3-2-4-6-16)8-10-19(15)28-13-22(25)23-17-7-9-20-21(12-17)30-14-29-20/h7-12,16,24H,2-6,13-14H2,1H3,(H,23,25). The second kappa shape index (κ2) is 9.15. The maximum Gasteiger partial charge on any atom is 0.262 e. The Balaban J connectivity index is 1.34. The van der Waals surface area contributed by atoms with Crippen molar-refractivity contribution >= 4 is 21.6 Å². The number of carbonyl (C=O) groups excluding carboxylic acids is 1. The highest BCUT2D eigenvalue weighted by Gasteiger charge is 2.22. The van der Waals surface area contributed by atoms with E-state index < -0.39 is 10.0 Å². The van der Waals surface area contributed by atoms with E-state index in [4.69, 9.17) is 14.2 Å². The minimum absolute atomic E-state index is 0.00476. The zero-order valence-electron chi connectivity index (χ0n) is 17.3. The second-order valence-electron chi connectivity index (χ2n) is 7.79. The van der Waals surface area contributed by atoms with Crippen molar-refractivity contribution in [1.29, 1.82) is 0 Å². The first kappa shape index (κ1) is 21.5. The molecule has 4 rings (SSSR count). The Kier molecular flexibility index (Phi) is 6.33. The summed E-state index contributed by atoms with van der Waals surface area (Å²) in [6.45, 7) is 1.71. The number of sulfonamides is 1. The molecule has 1 fully saturated rings. The average Bonchev–Trinajstić information content (AvgIpc) is 3.21. The maximum absolute atomic E-state index is 12.7. The summed E-state index contributed by atoms with van der Waals surface area (Å²) in [7, 11) is -3.58. The molecule has 31 heavy (non-hydrogen) atoms. The minimum Gasteiger partial charge on any atom is -0.483 e. The van der Waals surface area contributed by atoms with Gasteiger partial charge in [0, 0.05) is 17.8 Å². The first-order valence-corrected chi connectivity index (χ1v) is 11.8. The number of benzene rings is 2. The summed E-state index contributed by atoms with van der Waals surface area (Å²) in [4.78, 5) is 12.4. The number of fused-ring (bicyclic) bond motifs is 1. The summed E-state index contributed by atoms with van der Waals surface area (Å²) in [5, 5.41) is 2.74. The number of hydrogen-bond acceptors (Lipinski definition) is 6. The molecule has 1 aliphatic heterocycles. The Labute approximate surface area is 181 Å². The Morgan fingerprint density at radius 3 is 2.61 bits per heavy atom. The minimum atomic E-state index is -3.58. The SMILES string of the molecule is Cc1cc(S(=O)(=O)NC2CCCCC2)ccc1OCC(=O)Nc1ccc2c(c1)OCO2. The summed E-state index contributed by atoms with van der Waals surface area (Å²) in [5.74, 6) is 1.33. The van der Waals surface area contributed by atoms with Crippen LogP contribution in [0.3, 0.4) is 0 Å². The highest BCUT2D eigenvalue weighted by atomic mass is 32.2. The van der Waals surface area contributed by atoms with Gasteiger partial charge in [0.2, 0.25) is 16.8 Å². The smallest absolute Gasteiger partial charge is 0.262 e. The first-order valence-electron chi connectivity index (χ1n) is 10.4. The van der Waals surface area contributed by atoms with Crippen molar-refractivity contribution in [2.75, 3.05) is 18.7 Å². The van der Waals surface area contributed by atoms with Crippen molar-refractivity contribution < 1.29 is 27.4 Å². The van der Waals surface area contributed by atoms with Gasteiger partial charge in [0.15, 0.2) is 18.1 Å². The van der Waals surface area contributed by atoms with Crippen LogP contribution < -0.4 is 24.2 Å². The molecule has 9 heteroatoms. The van der Waals surface area contributed by atoms with Gasteiger partial charge in [-0.05, 0) is 55.7 Å². The molecule has 166 valence electrons. The lowest BCUT2D eigenvalue weighted by Gasteiger charge is -2.22. The van der Waals surface area contributed by atoms with Gasteiger partial charge in [-0.25, -0.2) is 13.1 Å². The summed E-state index contributed by atoms with van der Waals surface area (Å²) < 4.78 is 44.3. The molecule has 8 nitrogen and oxygen atoms in total. The summed E-state index contributed by atoms with van der Waals surface area (Å²) in [5.41, 5.74) is 1.21. The molecule has 0 radical (unpaired) electrons. The largest absolute Gasteiger partial charge is 0.483 e. The van der Waals surface area contributed by atoms with Crippen LogP contribution in [0.5, 0.6) is 17.2 Å². The lowest BCUT2D eigenvalue weighted by atomic mass is 9.96. The number of ether oxygens (including phenoxy) is 3. The van der Waals surface area contributed by atoms with Gasteiger partial charge in [0.25, 0.3) is 5.91 Å². The third-order valence-corrected chi connectivity index (χ3v) is 6.92. The lowest BCUT2D eigenvalue weighted by molar-refractivity contribution is -0.118. The Bertz CT molecular complexity index is 1060. The fourth-order valence-corrected chi connectivity index (χ4v) is 5.16. The quantitative estimate of drug-likeness (QED) is 0.676. The molecule has 2 aromatic rings. The molecule has 1 saturated carbocycles. The van der Waals surface area contributed by atoms with Crippen molar-refractivity contribution in [3.05, 3.63) is 42.0 Å². The fraction of sp³-hybridized carbons (Fsp3) is 0.409. The number of amides is 1. The topological polar surface area (TPSA) is 103 Å². The Morgan fingerprint density at radius 2 is 1.84 bits per heavy atom. The normalized spacial score (nSPS) is 16.2. The number of nitrogens with one attached hydrogen (secondary N) is 2. The van der Waals surface area contributed by atoms with Crippen LogP contribution in [-0.4, -0.2) is 33.8 Å². The van der Waals surface area contributed by atoms with Crippen LogP contribution in [0.1, 0.15) is 37.7 Å². The van der Waals surface area contributed by atoms with Crippen LogP contribution in [0.15, 0.2) is 41.3 Å². The monoisotopic (exact) mass is 446 g/mol. The van der Waals surface area contributed by atoms with E-state index in [1.165, 1.54) is 6.07 Å². The average molecular weight is 447 g/mol. The van der Waals surface area contributed by atoms with Crippen molar-refractivity contribution in [1.82, 2.24) is 4.72 Å². The maximum atomic E-state index is 12.7. The van der Waals surface area contributed by atoms with E-state index in [0.29, 0.717) is 28.5 Å². The van der Waals surface area contributed by atoms with Gasteiger partial charge in [-0.1, -0.05) is 19.3 Å². The molecule has 2 N–H and O–H groups in total. The van der Waals surface area contributed by atoms with Crippen LogP contribution in [0.2, 0.25) is 0 Å². The number of rotatable bonds is 7. The zero-order chi connectivity index (χ0) is 21.8. The molecular formula is C22H26N2O6S. The molecule has 0 bridgehead atoms. The number of anilines is 1. The molecule has 0 atom stereocenters. The van der Waals surface area contributed by atoms with Gasteiger partial charge >= 0.3 is 0 Å². The summed E-state index contributed by atoms with van der Waals surface area (Å²) in [6.07, 6.45) is 5.00. The van der Waals surface area contributed by atoms with E-state index in [-0.39, 0.29) is 30.2 Å². The van der Waals surface area contributed by atoms with Crippen LogP contribution in [-0.2, 0) is 14.8 Å². The van der Waals surface area contributed by atoms with Gasteiger partial charge in [-0.15, -0.1) is 0 Å². The molecule has 2 aromatic carbocycles. The van der Waals surface area contributed by atoms with E-state index in [9.17, 15) is 13.2 Å². The number of aryl methyl sites for hydroxylation is 1. The number of carbonyl (C=O) groups is 1. The fourth-order valence-electron chi connectivity index (χ4n) is 3.77. The summed E-state index contributed by atoms with van der Waals surface area (Å²) in [6, 6.07) is 9.77. The van der Waals surface area contributed by atoms with Crippen LogP contribution in [0.25, 0.3) is 0 Å². The third-order valence-electron chi connectivity index (χ3n) is 5.40. The molecule has 1 aliphatic carbocycles. The molecular weight excluding hydrogens is 420 g/mol. The van der Waals surface area contributed by atoms with E-state index >= 15 is 0 Å². The molecule has 0 saturated heterocycles. The van der Waals surface area contributed by atoms with E-state index in [1.54, 1.807) is 37.3 Å². The van der Waals surface area contributed by atoms with Gasteiger partial charge in [-0.3, -0.25) is 4.79 Å². The van der Waals surface area contributed by atoms with E-state index in [0.717, 1.165) is 32.1 Å². The van der Waals surface area contributed by atoms with Crippen molar-refractivity contribution in [3.8, 4) is 17.2 Å². The van der Waals surface area contributed by atoms with Crippen molar-refractivity contribution in [2.24, 2.45) is 0 Å². The first-order chi connectivity index (χ1) is 14.9. The van der Waals surface area contributed by atoms with Crippen LogP contribution >= 0.6 is 0 Å². The third kappa shape index (κ3) is 5.29. The Morgan fingerprint density at radius 1 is 1.06 bits per heavy atom. The zero-order valence-corrected chi connectivity index (χ0v) is 18.2. The highest BCUT2D eigenvalue weighted by molar-refractivity contribution is 7.89. The van der Waals surface area contributed by atoms with E-state index in [1.807, 2.05) is 0 Å². The van der Waals surface area contributed by atoms with Gasteiger partial charge in [0.1, 0.15) is 5.75 Å². The molecule has 1 heterocycles. The molecule has 2 aliphatic rings. The molecule has 0 spiro atoms. The van der Waals surface area contributed by atoms with Gasteiger partial charge in [0.05, 0.1) is 4.90 Å². The van der Waals surface area contributed by atoms with Crippen molar-refractivity contribution in [3.63, 3.8) is 0 Å². The van der Waals surface area contributed by atoms with E-state index in [2.05, 4.69) is 10.0 Å². The van der Waals surface area contributed by atoms with Gasteiger partial charge < -0.3 is 19.5 Å². The van der Waals surface area contributed by atoms with Gasteiger partial charge in [-0.2, -0.15) is 0 Å². The highest BCUT2D eigenvalue weighted by Crippen LogP contribution is 2.34.